The predicted molar refractivity (Wildman–Crippen MR) is 62.8 cm³/mol. The molecule has 0 amide bonds. The van der Waals surface area contributed by atoms with Crippen LogP contribution in [0.3, 0.4) is 0 Å². The van der Waals surface area contributed by atoms with E-state index in [-0.39, 0.29) is 102 Å². The van der Waals surface area contributed by atoms with E-state index in [9.17, 15) is 0 Å². The summed E-state index contributed by atoms with van der Waals surface area (Å²) in [4.78, 5) is 0. The fourth-order valence-corrected chi connectivity index (χ4v) is 0. The van der Waals surface area contributed by atoms with Crippen molar-refractivity contribution in [3.05, 3.63) is 0 Å². The summed E-state index contributed by atoms with van der Waals surface area (Å²) < 4.78 is 68.2. The maximum absolute atomic E-state index is 8.52. The third kappa shape index (κ3) is 10800. The third-order valence-electron chi connectivity index (χ3n) is 0. The van der Waals surface area contributed by atoms with E-state index in [0.29, 0.717) is 0 Å². The van der Waals surface area contributed by atoms with Gasteiger partial charge in [-0.1, -0.05) is 0 Å². The van der Waals surface area contributed by atoms with E-state index in [0.717, 1.165) is 0 Å². The van der Waals surface area contributed by atoms with Crippen molar-refractivity contribution in [3.63, 3.8) is 0 Å². The van der Waals surface area contributed by atoms with Crippen molar-refractivity contribution >= 4 is 38.2 Å². The largest absolute Gasteiger partial charge is 3.00 e. The van der Waals surface area contributed by atoms with E-state index < -0.39 is 20.8 Å². The van der Waals surface area contributed by atoms with E-state index in [1.54, 1.807) is 0 Å². The molecule has 22 heavy (non-hydrogen) atoms. The smallest absolute Gasteiger partial charge is 0.759 e. The van der Waals surface area contributed by atoms with Crippen LogP contribution < -0.4 is 29.6 Å². The standard InChI is InChI=1S/Al.Na.2H2O4S.10H2O/c;;2*1-5(2,3)4;;;;;;;;;;/h;;2*(H2,1,2,3,4);10*1H2/q+3;+1;;;;;;;;;;;;/p-4. The molecule has 0 aromatic heterocycles. The quantitative estimate of drug-likeness (QED) is 0.204. The molecular weight excluding hydrogens is 402 g/mol. The molecule has 0 aromatic rings. The number of hydrogen-bond donors (Lipinski definition) is 0. The van der Waals surface area contributed by atoms with Crippen LogP contribution in [0.15, 0.2) is 0 Å². The van der Waals surface area contributed by atoms with E-state index >= 15 is 0 Å². The molecule has 0 rings (SSSR count). The molecule has 0 radical (unpaired) electrons. The Balaban J connectivity index is -0.00000000314. The monoisotopic (exact) mass is 422 g/mol. The summed E-state index contributed by atoms with van der Waals surface area (Å²) in [5.74, 6) is 0. The average Bonchev–Trinajstić information content (AvgIpc) is 1.12. The van der Waals surface area contributed by atoms with Gasteiger partial charge in [0.1, 0.15) is 0 Å². The Hall–Kier alpha value is 0.872. The average molecular weight is 422 g/mol. The van der Waals surface area contributed by atoms with Crippen molar-refractivity contribution in [2.75, 3.05) is 0 Å². The fraction of sp³-hybridized carbons (Fsp3) is 0. The first-order chi connectivity index (χ1) is 4.00. The summed E-state index contributed by atoms with van der Waals surface area (Å²) in [6.45, 7) is 0. The molecule has 0 heterocycles. The normalized spacial score (nSPS) is 5.27. The molecule has 0 aliphatic heterocycles. The zero-order valence-corrected chi connectivity index (χ0v) is 15.4. The summed E-state index contributed by atoms with van der Waals surface area (Å²) in [6.07, 6.45) is 0. The van der Waals surface area contributed by atoms with Crippen LogP contribution in [0.5, 0.6) is 0 Å². The third-order valence-corrected chi connectivity index (χ3v) is 0. The predicted octanol–water partition coefficient (Wildman–Crippen LogP) is -14.3. The van der Waals surface area contributed by atoms with E-state index in [1.807, 2.05) is 0 Å². The van der Waals surface area contributed by atoms with Gasteiger partial charge in [0.15, 0.2) is 0 Å². The Kier molecular flexibility index (Phi) is 363. The Bertz CT molecular complexity index is 217. The van der Waals surface area contributed by atoms with Gasteiger partial charge < -0.3 is 73.0 Å². The summed E-state index contributed by atoms with van der Waals surface area (Å²) in [5.41, 5.74) is 0. The van der Waals surface area contributed by atoms with Gasteiger partial charge in [-0.2, -0.15) is 0 Å². The molecule has 20 N–H and O–H groups in total. The van der Waals surface area contributed by atoms with Crippen LogP contribution in [0.4, 0.5) is 0 Å². The molecule has 22 heteroatoms. The van der Waals surface area contributed by atoms with E-state index in [2.05, 4.69) is 0 Å². The second-order valence-corrected chi connectivity index (χ2v) is 2.45. The van der Waals surface area contributed by atoms with Gasteiger partial charge in [-0.15, -0.1) is 0 Å². The minimum Gasteiger partial charge on any atom is -0.759 e. The van der Waals surface area contributed by atoms with Gasteiger partial charge in [0.05, 0.1) is 0 Å². The van der Waals surface area contributed by atoms with Crippen molar-refractivity contribution in [2.45, 2.75) is 0 Å². The molecule has 0 unspecified atom stereocenters. The fourth-order valence-electron chi connectivity index (χ4n) is 0. The number of hydrogen-bond acceptors (Lipinski definition) is 8. The topological polar surface area (TPSA) is 476 Å². The van der Waals surface area contributed by atoms with Gasteiger partial charge >= 0.3 is 46.9 Å². The van der Waals surface area contributed by atoms with Crippen LogP contribution in [0.25, 0.3) is 0 Å². The molecular formula is H20AlNaO18S2. The molecule has 0 aliphatic rings. The SMILES string of the molecule is O.O.O.O.O.O.O.O.O.O.O=S(=O)([O-])[O-].O=S(=O)([O-])[O-].[Al+3].[Na+]. The molecule has 0 saturated heterocycles. The van der Waals surface area contributed by atoms with Crippen LogP contribution >= 0.6 is 0 Å². The minimum absolute atomic E-state index is 0. The molecule has 0 aromatic carbocycles. The van der Waals surface area contributed by atoms with Crippen molar-refractivity contribution in [1.82, 2.24) is 0 Å². The molecule has 144 valence electrons. The molecule has 18 nitrogen and oxygen atoms in total. The van der Waals surface area contributed by atoms with Crippen molar-refractivity contribution < 1.29 is 119 Å². The van der Waals surface area contributed by atoms with E-state index in [1.165, 1.54) is 0 Å². The first-order valence-corrected chi connectivity index (χ1v) is 4.00. The molecule has 0 saturated carbocycles. The summed E-state index contributed by atoms with van der Waals surface area (Å²) in [7, 11) is -10.3. The molecule has 0 atom stereocenters. The Morgan fingerprint density at radius 2 is 0.409 bits per heavy atom. The van der Waals surface area contributed by atoms with Crippen molar-refractivity contribution in [3.8, 4) is 0 Å². The summed E-state index contributed by atoms with van der Waals surface area (Å²) >= 11 is 0. The van der Waals surface area contributed by atoms with Gasteiger partial charge in [-0.3, -0.25) is 16.8 Å². The Morgan fingerprint density at radius 3 is 0.409 bits per heavy atom. The zero-order valence-electron chi connectivity index (χ0n) is 10.7. The minimum atomic E-state index is -5.17. The van der Waals surface area contributed by atoms with Crippen LogP contribution in [0.1, 0.15) is 0 Å². The maximum atomic E-state index is 8.52. The Labute approximate surface area is 157 Å². The van der Waals surface area contributed by atoms with Crippen LogP contribution in [-0.4, -0.2) is 107 Å². The van der Waals surface area contributed by atoms with Gasteiger partial charge in [-0.25, -0.2) is 0 Å². The molecule has 0 aliphatic carbocycles. The van der Waals surface area contributed by atoms with Gasteiger partial charge in [0, 0.05) is 20.8 Å². The maximum Gasteiger partial charge on any atom is 3.00 e. The molecule has 0 fully saturated rings. The van der Waals surface area contributed by atoms with Gasteiger partial charge in [0.25, 0.3) is 0 Å². The number of rotatable bonds is 0. The van der Waals surface area contributed by atoms with Crippen LogP contribution in [0, 0.1) is 0 Å². The molecule has 0 bridgehead atoms. The van der Waals surface area contributed by atoms with Crippen molar-refractivity contribution in [1.29, 1.82) is 0 Å². The van der Waals surface area contributed by atoms with Crippen molar-refractivity contribution in [2.24, 2.45) is 0 Å². The van der Waals surface area contributed by atoms with E-state index in [4.69, 9.17) is 35.0 Å². The summed E-state index contributed by atoms with van der Waals surface area (Å²) in [5, 5.41) is 0. The Morgan fingerprint density at radius 1 is 0.409 bits per heavy atom. The second kappa shape index (κ2) is 57.5. The first-order valence-electron chi connectivity index (χ1n) is 1.33. The van der Waals surface area contributed by atoms with Crippen LogP contribution in [-0.2, 0) is 20.8 Å². The first kappa shape index (κ1) is 139. The van der Waals surface area contributed by atoms with Gasteiger partial charge in [-0.05, 0) is 0 Å². The zero-order chi connectivity index (χ0) is 9.00. The second-order valence-electron chi connectivity index (χ2n) is 0.816. The van der Waals surface area contributed by atoms with Crippen LogP contribution in [0.2, 0.25) is 0 Å². The van der Waals surface area contributed by atoms with Gasteiger partial charge in [0.2, 0.25) is 0 Å². The summed E-state index contributed by atoms with van der Waals surface area (Å²) in [6, 6.07) is 0. The molecule has 0 spiro atoms.